The molecule has 0 radical (unpaired) electrons. The predicted molar refractivity (Wildman–Crippen MR) is 77.6 cm³/mol. The number of thiophene rings is 1. The maximum Gasteiger partial charge on any atom is 0.195 e. The molecule has 0 fully saturated rings. The minimum Gasteiger partial charge on any atom is -0.494 e. The number of rotatable bonds is 5. The smallest absolute Gasteiger partial charge is 0.195 e. The molecule has 0 amide bonds. The van der Waals surface area contributed by atoms with Gasteiger partial charge in [-0.25, -0.2) is 8.42 Å². The van der Waals surface area contributed by atoms with Gasteiger partial charge in [0.2, 0.25) is 0 Å². The summed E-state index contributed by atoms with van der Waals surface area (Å²) in [4.78, 5) is 0. The number of benzene rings is 1. The Morgan fingerprint density at radius 3 is 2.47 bits per heavy atom. The summed E-state index contributed by atoms with van der Waals surface area (Å²) in [6, 6.07) is 9.33. The van der Waals surface area contributed by atoms with Crippen LogP contribution in [0.4, 0.5) is 0 Å². The predicted octanol–water partition coefficient (Wildman–Crippen LogP) is 3.29. The number of methoxy groups -OCH3 is 1. The highest BCUT2D eigenvalue weighted by Crippen LogP contribution is 2.32. The van der Waals surface area contributed by atoms with Crippen LogP contribution in [0.1, 0.15) is 18.1 Å². The average molecular weight is 296 g/mol. The van der Waals surface area contributed by atoms with Gasteiger partial charge in [0.1, 0.15) is 5.75 Å². The molecule has 0 spiro atoms. The Labute approximate surface area is 117 Å². The van der Waals surface area contributed by atoms with Gasteiger partial charge in [0.15, 0.2) is 14.0 Å². The molecule has 2 rings (SSSR count). The second-order valence-electron chi connectivity index (χ2n) is 4.16. The highest BCUT2D eigenvalue weighted by molar-refractivity contribution is 7.92. The fraction of sp³-hybridized carbons (Fsp3) is 0.286. The molecule has 0 aliphatic heterocycles. The van der Waals surface area contributed by atoms with Gasteiger partial charge in [-0.2, -0.15) is 0 Å². The van der Waals surface area contributed by atoms with Gasteiger partial charge in [-0.3, -0.25) is 0 Å². The fourth-order valence-corrected chi connectivity index (χ4v) is 4.77. The molecule has 0 N–H and O–H groups in total. The summed E-state index contributed by atoms with van der Waals surface area (Å²) in [6.45, 7) is 2.02. The van der Waals surface area contributed by atoms with E-state index in [0.29, 0.717) is 9.96 Å². The molecule has 0 saturated heterocycles. The molecule has 0 aliphatic rings. The summed E-state index contributed by atoms with van der Waals surface area (Å²) < 4.78 is 30.3. The lowest BCUT2D eigenvalue weighted by Gasteiger charge is -2.08. The van der Waals surface area contributed by atoms with Gasteiger partial charge in [0.25, 0.3) is 0 Å². The molecule has 102 valence electrons. The van der Waals surface area contributed by atoms with Crippen LogP contribution in [0.15, 0.2) is 39.9 Å². The molecule has 5 heteroatoms. The van der Waals surface area contributed by atoms with E-state index in [4.69, 9.17) is 4.74 Å². The first-order valence-electron chi connectivity index (χ1n) is 5.99. The molecule has 1 heterocycles. The van der Waals surface area contributed by atoms with Crippen LogP contribution in [0.2, 0.25) is 0 Å². The van der Waals surface area contributed by atoms with E-state index in [1.807, 2.05) is 31.2 Å². The van der Waals surface area contributed by atoms with E-state index in [0.717, 1.165) is 17.5 Å². The largest absolute Gasteiger partial charge is 0.494 e. The van der Waals surface area contributed by atoms with Crippen LogP contribution in [0.5, 0.6) is 5.75 Å². The molecular weight excluding hydrogens is 280 g/mol. The lowest BCUT2D eigenvalue weighted by atomic mass is 10.1. The Morgan fingerprint density at radius 2 is 1.84 bits per heavy atom. The Kier molecular flexibility index (Phi) is 4.27. The summed E-state index contributed by atoms with van der Waals surface area (Å²) in [7, 11) is -1.86. The number of hydrogen-bond acceptors (Lipinski definition) is 4. The van der Waals surface area contributed by atoms with E-state index in [-0.39, 0.29) is 5.75 Å². The maximum atomic E-state index is 12.4. The van der Waals surface area contributed by atoms with Crippen LogP contribution >= 0.6 is 11.3 Å². The molecule has 1 aromatic carbocycles. The minimum atomic E-state index is -3.35. The van der Waals surface area contributed by atoms with Crippen molar-refractivity contribution in [3.05, 3.63) is 46.8 Å². The van der Waals surface area contributed by atoms with E-state index in [9.17, 15) is 8.42 Å². The molecule has 0 bridgehead atoms. The zero-order valence-electron chi connectivity index (χ0n) is 10.9. The van der Waals surface area contributed by atoms with Crippen LogP contribution in [-0.4, -0.2) is 15.5 Å². The number of aryl methyl sites for hydroxylation is 1. The van der Waals surface area contributed by atoms with E-state index >= 15 is 0 Å². The number of hydrogen-bond donors (Lipinski definition) is 0. The molecule has 0 atom stereocenters. The lowest BCUT2D eigenvalue weighted by Crippen LogP contribution is -2.06. The fourth-order valence-electron chi connectivity index (χ4n) is 1.98. The van der Waals surface area contributed by atoms with Crippen LogP contribution in [0.25, 0.3) is 0 Å². The van der Waals surface area contributed by atoms with Gasteiger partial charge >= 0.3 is 0 Å². The molecule has 1 aromatic heterocycles. The SMILES string of the molecule is CCc1ccccc1CS(=O)(=O)c1sccc1OC. The average Bonchev–Trinajstić information content (AvgIpc) is 2.88. The van der Waals surface area contributed by atoms with Crippen molar-refractivity contribution in [3.8, 4) is 5.75 Å². The van der Waals surface area contributed by atoms with E-state index < -0.39 is 9.84 Å². The van der Waals surface area contributed by atoms with Crippen molar-refractivity contribution in [2.24, 2.45) is 0 Å². The van der Waals surface area contributed by atoms with Crippen molar-refractivity contribution in [1.29, 1.82) is 0 Å². The van der Waals surface area contributed by atoms with Gasteiger partial charge in [-0.1, -0.05) is 31.2 Å². The summed E-state index contributed by atoms with van der Waals surface area (Å²) >= 11 is 1.20. The Balaban J connectivity index is 2.37. The standard InChI is InChI=1S/C14H16O3S2/c1-3-11-6-4-5-7-12(11)10-19(15,16)14-13(17-2)8-9-18-14/h4-9H,3,10H2,1-2H3. The van der Waals surface area contributed by atoms with Crippen molar-refractivity contribution >= 4 is 21.2 Å². The molecule has 0 unspecified atom stereocenters. The first-order chi connectivity index (χ1) is 9.08. The molecule has 0 aliphatic carbocycles. The van der Waals surface area contributed by atoms with Crippen LogP contribution in [-0.2, 0) is 22.0 Å². The monoisotopic (exact) mass is 296 g/mol. The molecule has 0 saturated carbocycles. The quantitative estimate of drug-likeness (QED) is 0.850. The van der Waals surface area contributed by atoms with Gasteiger partial charge in [-0.15, -0.1) is 11.3 Å². The second kappa shape index (κ2) is 5.75. The van der Waals surface area contributed by atoms with Crippen molar-refractivity contribution in [2.45, 2.75) is 23.3 Å². The first-order valence-corrected chi connectivity index (χ1v) is 8.52. The highest BCUT2D eigenvalue weighted by atomic mass is 32.2. The van der Waals surface area contributed by atoms with Crippen LogP contribution in [0, 0.1) is 0 Å². The normalized spacial score (nSPS) is 11.5. The van der Waals surface area contributed by atoms with Crippen molar-refractivity contribution in [1.82, 2.24) is 0 Å². The van der Waals surface area contributed by atoms with Gasteiger partial charge < -0.3 is 4.74 Å². The third-order valence-corrected chi connectivity index (χ3v) is 6.14. The third-order valence-electron chi connectivity index (χ3n) is 2.94. The van der Waals surface area contributed by atoms with Crippen molar-refractivity contribution < 1.29 is 13.2 Å². The topological polar surface area (TPSA) is 43.4 Å². The molecule has 2 aromatic rings. The second-order valence-corrected chi connectivity index (χ2v) is 7.26. The third kappa shape index (κ3) is 2.98. The summed E-state index contributed by atoms with van der Waals surface area (Å²) in [5.74, 6) is 0.451. The summed E-state index contributed by atoms with van der Waals surface area (Å²) in [5.41, 5.74) is 1.93. The molecule has 19 heavy (non-hydrogen) atoms. The molecule has 3 nitrogen and oxygen atoms in total. The Morgan fingerprint density at radius 1 is 1.16 bits per heavy atom. The van der Waals surface area contributed by atoms with Gasteiger partial charge in [0.05, 0.1) is 12.9 Å². The Hall–Kier alpha value is -1.33. The number of sulfone groups is 1. The number of ether oxygens (including phenoxy) is 1. The van der Waals surface area contributed by atoms with E-state index in [2.05, 4.69) is 0 Å². The van der Waals surface area contributed by atoms with E-state index in [1.165, 1.54) is 18.4 Å². The van der Waals surface area contributed by atoms with Gasteiger partial charge in [0, 0.05) is 0 Å². The summed E-state index contributed by atoms with van der Waals surface area (Å²) in [6.07, 6.45) is 0.827. The first kappa shape index (κ1) is 14.1. The van der Waals surface area contributed by atoms with Crippen LogP contribution in [0.3, 0.4) is 0 Å². The van der Waals surface area contributed by atoms with Gasteiger partial charge in [-0.05, 0) is 29.0 Å². The van der Waals surface area contributed by atoms with Crippen molar-refractivity contribution in [3.63, 3.8) is 0 Å². The zero-order chi connectivity index (χ0) is 13.9. The maximum absolute atomic E-state index is 12.4. The highest BCUT2D eigenvalue weighted by Gasteiger charge is 2.22. The van der Waals surface area contributed by atoms with Crippen LogP contribution < -0.4 is 4.74 Å². The van der Waals surface area contributed by atoms with E-state index in [1.54, 1.807) is 11.4 Å². The zero-order valence-corrected chi connectivity index (χ0v) is 12.6. The lowest BCUT2D eigenvalue weighted by molar-refractivity contribution is 0.406. The van der Waals surface area contributed by atoms with Crippen molar-refractivity contribution in [2.75, 3.05) is 7.11 Å². The Bertz CT molecular complexity index is 657. The molecular formula is C14H16O3S2. The summed E-state index contributed by atoms with van der Waals surface area (Å²) in [5, 5.41) is 1.73. The minimum absolute atomic E-state index is 0.0217.